The van der Waals surface area contributed by atoms with Crippen molar-refractivity contribution in [3.8, 4) is 5.75 Å². The topological polar surface area (TPSA) is 87.7 Å². The maximum Gasteiger partial charge on any atom is 0.240 e. The number of para-hydroxylation sites is 3. The van der Waals surface area contributed by atoms with Crippen molar-refractivity contribution in [1.29, 1.82) is 0 Å². The fraction of sp³-hybridized carbons (Fsp3) is 0.231. The standard InChI is InChI=1S/C26H27N5O3S/c1-34-24-14-8-7-13-23(24)30-15-17-31(18-16-30)26-21-11-5-6-12-22(21)28-25(29-26)19-27-35(32,33)20-9-3-2-4-10-20/h2-14,27H,15-19H2,1H3. The van der Waals surface area contributed by atoms with Crippen LogP contribution in [0.2, 0.25) is 0 Å². The molecule has 0 saturated carbocycles. The number of hydrogen-bond acceptors (Lipinski definition) is 7. The fourth-order valence-corrected chi connectivity index (χ4v) is 5.32. The maximum atomic E-state index is 12.7. The Kier molecular flexibility index (Phi) is 6.52. The Labute approximate surface area is 205 Å². The minimum atomic E-state index is -3.66. The molecule has 5 rings (SSSR count). The van der Waals surface area contributed by atoms with Crippen molar-refractivity contribution < 1.29 is 13.2 Å². The lowest BCUT2D eigenvalue weighted by molar-refractivity contribution is 0.413. The van der Waals surface area contributed by atoms with Gasteiger partial charge in [0.2, 0.25) is 10.0 Å². The molecule has 1 aliphatic rings. The molecule has 3 aromatic carbocycles. The zero-order valence-electron chi connectivity index (χ0n) is 19.5. The Bertz CT molecular complexity index is 1420. The van der Waals surface area contributed by atoms with E-state index in [1.54, 1.807) is 37.4 Å². The lowest BCUT2D eigenvalue weighted by atomic mass is 10.2. The van der Waals surface area contributed by atoms with Crippen LogP contribution in [0.25, 0.3) is 10.9 Å². The molecule has 1 saturated heterocycles. The molecule has 1 aliphatic heterocycles. The molecule has 0 aliphatic carbocycles. The van der Waals surface area contributed by atoms with Crippen LogP contribution < -0.4 is 19.3 Å². The van der Waals surface area contributed by atoms with Gasteiger partial charge in [0.1, 0.15) is 17.4 Å². The molecule has 0 radical (unpaired) electrons. The molecule has 9 heteroatoms. The number of piperazine rings is 1. The summed E-state index contributed by atoms with van der Waals surface area (Å²) in [4.78, 5) is 14.2. The predicted octanol–water partition coefficient (Wildman–Crippen LogP) is 3.44. The number of anilines is 2. The van der Waals surface area contributed by atoms with Gasteiger partial charge in [-0.2, -0.15) is 0 Å². The van der Waals surface area contributed by atoms with Gasteiger partial charge in [-0.15, -0.1) is 0 Å². The second-order valence-electron chi connectivity index (χ2n) is 8.26. The number of sulfonamides is 1. The molecule has 1 fully saturated rings. The highest BCUT2D eigenvalue weighted by atomic mass is 32.2. The van der Waals surface area contributed by atoms with E-state index in [9.17, 15) is 8.42 Å². The largest absolute Gasteiger partial charge is 0.495 e. The maximum absolute atomic E-state index is 12.7. The van der Waals surface area contributed by atoms with Crippen LogP contribution in [-0.2, 0) is 16.6 Å². The summed E-state index contributed by atoms with van der Waals surface area (Å²) in [5, 5.41) is 0.952. The molecule has 0 unspecified atom stereocenters. The minimum absolute atomic E-state index is 0.0102. The SMILES string of the molecule is COc1ccccc1N1CCN(c2nc(CNS(=O)(=O)c3ccccc3)nc3ccccc23)CC1. The zero-order valence-corrected chi connectivity index (χ0v) is 20.3. The molecular weight excluding hydrogens is 462 g/mol. The lowest BCUT2D eigenvalue weighted by Gasteiger charge is -2.37. The average molecular weight is 490 g/mol. The van der Waals surface area contributed by atoms with Gasteiger partial charge in [0.15, 0.2) is 0 Å². The second-order valence-corrected chi connectivity index (χ2v) is 10.0. The summed E-state index contributed by atoms with van der Waals surface area (Å²) in [5.74, 6) is 2.12. The van der Waals surface area contributed by atoms with E-state index in [1.165, 1.54) is 0 Å². The Hall–Kier alpha value is -3.69. The molecule has 2 heterocycles. The normalized spacial score (nSPS) is 14.3. The molecular formula is C26H27N5O3S. The van der Waals surface area contributed by atoms with Crippen LogP contribution in [0.15, 0.2) is 83.8 Å². The summed E-state index contributed by atoms with van der Waals surface area (Å²) in [7, 11) is -1.97. The highest BCUT2D eigenvalue weighted by Crippen LogP contribution is 2.30. The molecule has 1 aromatic heterocycles. The van der Waals surface area contributed by atoms with Crippen molar-refractivity contribution in [3.63, 3.8) is 0 Å². The van der Waals surface area contributed by atoms with Crippen molar-refractivity contribution in [2.45, 2.75) is 11.4 Å². The Balaban J connectivity index is 1.38. The first kappa shape index (κ1) is 23.1. The fourth-order valence-electron chi connectivity index (χ4n) is 4.32. The van der Waals surface area contributed by atoms with E-state index in [4.69, 9.17) is 9.72 Å². The quantitative estimate of drug-likeness (QED) is 0.425. The number of ether oxygens (including phenoxy) is 1. The van der Waals surface area contributed by atoms with Crippen molar-refractivity contribution in [2.24, 2.45) is 0 Å². The third-order valence-electron chi connectivity index (χ3n) is 6.11. The van der Waals surface area contributed by atoms with Crippen molar-refractivity contribution in [1.82, 2.24) is 14.7 Å². The zero-order chi connectivity index (χ0) is 24.3. The summed E-state index contributed by atoms with van der Waals surface area (Å²) < 4.78 is 33.5. The first-order valence-electron chi connectivity index (χ1n) is 11.5. The summed E-state index contributed by atoms with van der Waals surface area (Å²) in [5.41, 5.74) is 1.87. The van der Waals surface area contributed by atoms with E-state index in [2.05, 4.69) is 25.6 Å². The molecule has 0 atom stereocenters. The van der Waals surface area contributed by atoms with Gasteiger partial charge >= 0.3 is 0 Å². The van der Waals surface area contributed by atoms with Crippen LogP contribution in [0.3, 0.4) is 0 Å². The number of hydrogen-bond donors (Lipinski definition) is 1. The number of rotatable bonds is 7. The van der Waals surface area contributed by atoms with Crippen LogP contribution in [-0.4, -0.2) is 51.7 Å². The smallest absolute Gasteiger partial charge is 0.240 e. The monoisotopic (exact) mass is 489 g/mol. The van der Waals surface area contributed by atoms with Crippen LogP contribution in [0.4, 0.5) is 11.5 Å². The molecule has 8 nitrogen and oxygen atoms in total. The van der Waals surface area contributed by atoms with Crippen molar-refractivity contribution >= 4 is 32.4 Å². The molecule has 4 aromatic rings. The average Bonchev–Trinajstić information content (AvgIpc) is 2.92. The first-order chi connectivity index (χ1) is 17.0. The number of aromatic nitrogens is 2. The number of methoxy groups -OCH3 is 1. The first-order valence-corrected chi connectivity index (χ1v) is 13.0. The van der Waals surface area contributed by atoms with Gasteiger partial charge in [-0.1, -0.05) is 42.5 Å². The summed E-state index contributed by atoms with van der Waals surface area (Å²) in [6.45, 7) is 3.18. The summed E-state index contributed by atoms with van der Waals surface area (Å²) >= 11 is 0. The van der Waals surface area contributed by atoms with E-state index >= 15 is 0 Å². The predicted molar refractivity (Wildman–Crippen MR) is 137 cm³/mol. The molecule has 0 bridgehead atoms. The molecule has 0 amide bonds. The van der Waals surface area contributed by atoms with E-state index in [-0.39, 0.29) is 11.4 Å². The highest BCUT2D eigenvalue weighted by Gasteiger charge is 2.23. The number of benzene rings is 3. The van der Waals surface area contributed by atoms with E-state index in [1.807, 2.05) is 42.5 Å². The van der Waals surface area contributed by atoms with Gasteiger partial charge in [-0.05, 0) is 36.4 Å². The molecule has 1 N–H and O–H groups in total. The van der Waals surface area contributed by atoms with Crippen molar-refractivity contribution in [3.05, 3.63) is 84.7 Å². The Morgan fingerprint density at radius 1 is 0.829 bits per heavy atom. The van der Waals surface area contributed by atoms with Gasteiger partial charge in [0.25, 0.3) is 0 Å². The lowest BCUT2D eigenvalue weighted by Crippen LogP contribution is -2.47. The van der Waals surface area contributed by atoms with E-state index in [0.29, 0.717) is 5.82 Å². The van der Waals surface area contributed by atoms with Gasteiger partial charge in [0.05, 0.1) is 29.8 Å². The second kappa shape index (κ2) is 9.89. The van der Waals surface area contributed by atoms with Crippen LogP contribution in [0.1, 0.15) is 5.82 Å². The van der Waals surface area contributed by atoms with Crippen LogP contribution in [0, 0.1) is 0 Å². The minimum Gasteiger partial charge on any atom is -0.495 e. The Morgan fingerprint density at radius 2 is 1.49 bits per heavy atom. The molecule has 0 spiro atoms. The number of fused-ring (bicyclic) bond motifs is 1. The van der Waals surface area contributed by atoms with Gasteiger partial charge in [-0.25, -0.2) is 23.1 Å². The Morgan fingerprint density at radius 3 is 2.26 bits per heavy atom. The third-order valence-corrected chi connectivity index (χ3v) is 7.53. The van der Waals surface area contributed by atoms with E-state index < -0.39 is 10.0 Å². The number of nitrogens with zero attached hydrogens (tertiary/aromatic N) is 4. The van der Waals surface area contributed by atoms with Crippen LogP contribution >= 0.6 is 0 Å². The summed E-state index contributed by atoms with van der Waals surface area (Å²) in [6.07, 6.45) is 0. The van der Waals surface area contributed by atoms with Crippen LogP contribution in [0.5, 0.6) is 5.75 Å². The summed E-state index contributed by atoms with van der Waals surface area (Å²) in [6, 6.07) is 24.2. The number of nitrogens with one attached hydrogen (secondary N) is 1. The van der Waals surface area contributed by atoms with Gasteiger partial charge < -0.3 is 14.5 Å². The third kappa shape index (κ3) is 4.91. The van der Waals surface area contributed by atoms with Crippen molar-refractivity contribution in [2.75, 3.05) is 43.1 Å². The molecule has 180 valence electrons. The molecule has 35 heavy (non-hydrogen) atoms. The van der Waals surface area contributed by atoms with Gasteiger partial charge in [-0.3, -0.25) is 0 Å². The van der Waals surface area contributed by atoms with E-state index in [0.717, 1.165) is 54.3 Å². The van der Waals surface area contributed by atoms with Gasteiger partial charge in [0, 0.05) is 31.6 Å². The highest BCUT2D eigenvalue weighted by molar-refractivity contribution is 7.89.